The second kappa shape index (κ2) is 6.79. The van der Waals surface area contributed by atoms with Crippen molar-refractivity contribution < 1.29 is 9.53 Å². The molecule has 1 saturated heterocycles. The van der Waals surface area contributed by atoms with Crippen molar-refractivity contribution in [2.24, 2.45) is 0 Å². The maximum atomic E-state index is 12.3. The summed E-state index contributed by atoms with van der Waals surface area (Å²) in [7, 11) is 0. The van der Waals surface area contributed by atoms with E-state index in [1.165, 1.54) is 0 Å². The summed E-state index contributed by atoms with van der Waals surface area (Å²) in [6.07, 6.45) is 4.29. The van der Waals surface area contributed by atoms with E-state index in [-0.39, 0.29) is 18.2 Å². The van der Waals surface area contributed by atoms with Gasteiger partial charge in [-0.25, -0.2) is 4.79 Å². The topological polar surface area (TPSA) is 54.5 Å². The number of hydrogen-bond donors (Lipinski definition) is 1. The van der Waals surface area contributed by atoms with Gasteiger partial charge < -0.3 is 15.0 Å². The van der Waals surface area contributed by atoms with Crippen LogP contribution in [0.25, 0.3) is 0 Å². The number of nitrogens with one attached hydrogen (secondary N) is 1. The molecule has 0 aromatic carbocycles. The van der Waals surface area contributed by atoms with E-state index in [4.69, 9.17) is 4.74 Å². The lowest BCUT2D eigenvalue weighted by molar-refractivity contribution is 0.184. The smallest absolute Gasteiger partial charge is 0.318 e. The number of aromatic nitrogens is 1. The quantitative estimate of drug-likeness (QED) is 0.943. The number of rotatable bonds is 4. The van der Waals surface area contributed by atoms with Gasteiger partial charge in [-0.05, 0) is 30.5 Å². The second-order valence-electron chi connectivity index (χ2n) is 5.35. The molecule has 2 atom stereocenters. The number of pyridine rings is 1. The van der Waals surface area contributed by atoms with Gasteiger partial charge in [-0.15, -0.1) is 11.3 Å². The standard InChI is InChI=1S/C16H19N3O2S/c1-12(15-5-3-9-22-15)18-16(20)19-8-6-14(11-19)21-13-4-2-7-17-10-13/h2-5,7,9-10,12,14H,6,8,11H2,1H3,(H,18,20). The number of likely N-dealkylation sites (tertiary alicyclic amines) is 1. The number of carbonyl (C=O) groups excluding carboxylic acids is 1. The van der Waals surface area contributed by atoms with Crippen LogP contribution in [-0.2, 0) is 0 Å². The van der Waals surface area contributed by atoms with E-state index in [0.717, 1.165) is 17.0 Å². The Balaban J connectivity index is 1.50. The van der Waals surface area contributed by atoms with Crippen LogP contribution in [0.3, 0.4) is 0 Å². The van der Waals surface area contributed by atoms with Crippen molar-refractivity contribution in [1.29, 1.82) is 0 Å². The summed E-state index contributed by atoms with van der Waals surface area (Å²) in [5.74, 6) is 0.752. The largest absolute Gasteiger partial charge is 0.487 e. The highest BCUT2D eigenvalue weighted by Crippen LogP contribution is 2.20. The van der Waals surface area contributed by atoms with E-state index >= 15 is 0 Å². The molecule has 3 heterocycles. The van der Waals surface area contributed by atoms with Gasteiger partial charge >= 0.3 is 6.03 Å². The zero-order valence-corrected chi connectivity index (χ0v) is 13.3. The molecule has 3 rings (SSSR count). The van der Waals surface area contributed by atoms with Gasteiger partial charge in [0, 0.05) is 24.0 Å². The van der Waals surface area contributed by atoms with Crippen LogP contribution in [0.5, 0.6) is 5.75 Å². The lowest BCUT2D eigenvalue weighted by atomic mass is 10.3. The molecule has 116 valence electrons. The average Bonchev–Trinajstić information content (AvgIpc) is 3.19. The van der Waals surface area contributed by atoms with E-state index in [0.29, 0.717) is 13.1 Å². The van der Waals surface area contributed by atoms with Crippen LogP contribution in [-0.4, -0.2) is 35.1 Å². The Morgan fingerprint density at radius 2 is 2.41 bits per heavy atom. The molecule has 1 fully saturated rings. The van der Waals surface area contributed by atoms with E-state index < -0.39 is 0 Å². The van der Waals surface area contributed by atoms with Crippen molar-refractivity contribution in [2.75, 3.05) is 13.1 Å². The third kappa shape index (κ3) is 3.57. The highest BCUT2D eigenvalue weighted by atomic mass is 32.1. The van der Waals surface area contributed by atoms with Crippen LogP contribution >= 0.6 is 11.3 Å². The van der Waals surface area contributed by atoms with Gasteiger partial charge in [0.1, 0.15) is 11.9 Å². The van der Waals surface area contributed by atoms with Gasteiger partial charge in [-0.3, -0.25) is 4.98 Å². The van der Waals surface area contributed by atoms with E-state index in [9.17, 15) is 4.79 Å². The Bertz CT molecular complexity index is 603. The predicted molar refractivity (Wildman–Crippen MR) is 86.1 cm³/mol. The summed E-state index contributed by atoms with van der Waals surface area (Å²) in [6.45, 7) is 3.33. The zero-order chi connectivity index (χ0) is 15.4. The minimum atomic E-state index is -0.0295. The second-order valence-corrected chi connectivity index (χ2v) is 6.33. The maximum absolute atomic E-state index is 12.3. The average molecular weight is 317 g/mol. The molecule has 2 amide bonds. The molecular weight excluding hydrogens is 298 g/mol. The SMILES string of the molecule is CC(NC(=O)N1CCC(Oc2cccnc2)C1)c1cccs1. The van der Waals surface area contributed by atoms with Gasteiger partial charge in [-0.1, -0.05) is 6.07 Å². The zero-order valence-electron chi connectivity index (χ0n) is 12.4. The lowest BCUT2D eigenvalue weighted by Gasteiger charge is -2.20. The predicted octanol–water partition coefficient (Wildman–Crippen LogP) is 3.07. The first-order chi connectivity index (χ1) is 10.7. The van der Waals surface area contributed by atoms with Crippen molar-refractivity contribution in [1.82, 2.24) is 15.2 Å². The molecule has 0 radical (unpaired) electrons. The Morgan fingerprint density at radius 3 is 3.14 bits per heavy atom. The summed E-state index contributed by atoms with van der Waals surface area (Å²) in [4.78, 5) is 19.3. The fourth-order valence-corrected chi connectivity index (χ4v) is 3.24. The molecule has 1 N–H and O–H groups in total. The molecular formula is C16H19N3O2S. The molecule has 5 nitrogen and oxygen atoms in total. The molecule has 2 aromatic rings. The highest BCUT2D eigenvalue weighted by Gasteiger charge is 2.28. The van der Waals surface area contributed by atoms with Crippen LogP contribution in [0, 0.1) is 0 Å². The highest BCUT2D eigenvalue weighted by molar-refractivity contribution is 7.10. The first-order valence-corrected chi connectivity index (χ1v) is 8.26. The monoisotopic (exact) mass is 317 g/mol. The number of thiophene rings is 1. The van der Waals surface area contributed by atoms with Gasteiger partial charge in [0.15, 0.2) is 0 Å². The van der Waals surface area contributed by atoms with Crippen LogP contribution in [0.15, 0.2) is 42.0 Å². The van der Waals surface area contributed by atoms with Crippen molar-refractivity contribution in [3.8, 4) is 5.75 Å². The van der Waals surface area contributed by atoms with Gasteiger partial charge in [0.25, 0.3) is 0 Å². The molecule has 0 saturated carbocycles. The number of hydrogen-bond acceptors (Lipinski definition) is 4. The Morgan fingerprint density at radius 1 is 1.50 bits per heavy atom. The Hall–Kier alpha value is -2.08. The number of amides is 2. The number of nitrogens with zero attached hydrogens (tertiary/aromatic N) is 2. The molecule has 6 heteroatoms. The third-order valence-corrected chi connectivity index (χ3v) is 4.73. The summed E-state index contributed by atoms with van der Waals surface area (Å²) in [5.41, 5.74) is 0. The molecule has 22 heavy (non-hydrogen) atoms. The van der Waals surface area contributed by atoms with Gasteiger partial charge in [-0.2, -0.15) is 0 Å². The van der Waals surface area contributed by atoms with Crippen molar-refractivity contribution in [3.63, 3.8) is 0 Å². The first kappa shape index (κ1) is 14.8. The summed E-state index contributed by atoms with van der Waals surface area (Å²) in [6, 6.07) is 7.76. The molecule has 0 aliphatic carbocycles. The number of urea groups is 1. The van der Waals surface area contributed by atoms with Crippen molar-refractivity contribution in [3.05, 3.63) is 46.9 Å². The molecule has 2 aromatic heterocycles. The minimum absolute atomic E-state index is 0.0295. The fourth-order valence-electron chi connectivity index (χ4n) is 2.50. The van der Waals surface area contributed by atoms with Crippen molar-refractivity contribution >= 4 is 17.4 Å². The van der Waals surface area contributed by atoms with Crippen LogP contribution < -0.4 is 10.1 Å². The maximum Gasteiger partial charge on any atom is 0.318 e. The molecule has 0 bridgehead atoms. The van der Waals surface area contributed by atoms with Crippen LogP contribution in [0.2, 0.25) is 0 Å². The molecule has 1 aliphatic heterocycles. The molecule has 1 aliphatic rings. The summed E-state index contributed by atoms with van der Waals surface area (Å²) in [5, 5.41) is 5.06. The Kier molecular flexibility index (Phi) is 4.58. The van der Waals surface area contributed by atoms with E-state index in [1.807, 2.05) is 41.5 Å². The molecule has 2 unspecified atom stereocenters. The van der Waals surface area contributed by atoms with Gasteiger partial charge in [0.2, 0.25) is 0 Å². The van der Waals surface area contributed by atoms with E-state index in [1.54, 1.807) is 23.7 Å². The fraction of sp³-hybridized carbons (Fsp3) is 0.375. The van der Waals surface area contributed by atoms with Crippen molar-refractivity contribution in [2.45, 2.75) is 25.5 Å². The third-order valence-electron chi connectivity index (χ3n) is 3.68. The van der Waals surface area contributed by atoms with E-state index in [2.05, 4.69) is 10.3 Å². The first-order valence-electron chi connectivity index (χ1n) is 7.38. The van der Waals surface area contributed by atoms with Crippen LogP contribution in [0.1, 0.15) is 24.3 Å². The normalized spacial score (nSPS) is 19.0. The van der Waals surface area contributed by atoms with Gasteiger partial charge in [0.05, 0.1) is 18.8 Å². The lowest BCUT2D eigenvalue weighted by Crippen LogP contribution is -2.40. The van der Waals surface area contributed by atoms with Crippen LogP contribution in [0.4, 0.5) is 4.79 Å². The molecule has 0 spiro atoms. The number of carbonyl (C=O) groups is 1. The Labute approximate surface area is 133 Å². The number of ether oxygens (including phenoxy) is 1. The summed E-state index contributed by atoms with van der Waals surface area (Å²) < 4.78 is 5.85. The minimum Gasteiger partial charge on any atom is -0.487 e. The summed E-state index contributed by atoms with van der Waals surface area (Å²) >= 11 is 1.65.